The van der Waals surface area contributed by atoms with Gasteiger partial charge in [0, 0.05) is 6.04 Å². The maximum absolute atomic E-state index is 14.0. The number of ether oxygens (including phenoxy) is 1. The van der Waals surface area contributed by atoms with Crippen molar-refractivity contribution in [1.29, 1.82) is 0 Å². The van der Waals surface area contributed by atoms with Crippen LogP contribution in [0.1, 0.15) is 69.3 Å². The van der Waals surface area contributed by atoms with Crippen LogP contribution in [0.3, 0.4) is 0 Å². The largest absolute Gasteiger partial charge is 0.444 e. The highest BCUT2D eigenvalue weighted by molar-refractivity contribution is 6.34. The van der Waals surface area contributed by atoms with Crippen LogP contribution in [0, 0.1) is 20.8 Å². The number of carbonyl (C=O) groups excluding carboxylic acids is 3. The van der Waals surface area contributed by atoms with E-state index in [4.69, 9.17) is 16.3 Å². The number of anilines is 1. The molecule has 0 aliphatic heterocycles. The molecule has 3 unspecified atom stereocenters. The van der Waals surface area contributed by atoms with Gasteiger partial charge < -0.3 is 25.4 Å². The number of halogens is 1. The third-order valence-corrected chi connectivity index (χ3v) is 6.52. The highest BCUT2D eigenvalue weighted by Gasteiger charge is 2.39. The van der Waals surface area contributed by atoms with Gasteiger partial charge in [-0.15, -0.1) is 0 Å². The van der Waals surface area contributed by atoms with Gasteiger partial charge in [-0.3, -0.25) is 9.59 Å². The van der Waals surface area contributed by atoms with E-state index in [-0.39, 0.29) is 0 Å². The molecule has 3 N–H and O–H groups in total. The lowest BCUT2D eigenvalue weighted by molar-refractivity contribution is -0.144. The standard InChI is InChI=1S/C29H40ClN3O5/c1-9-20(5)33(27(36)23(16-34)31-28(37)38-29(6,7)8)25(21-14-13-17(2)15-19(21)4)26(35)32-24-18(3)11-10-12-22(24)30/h10-15,20,23,25,34H,9,16H2,1-8H3,(H,31,37)(H,32,35). The van der Waals surface area contributed by atoms with E-state index in [1.54, 1.807) is 32.9 Å². The van der Waals surface area contributed by atoms with Crippen LogP contribution in [0.4, 0.5) is 10.5 Å². The number of hydrogen-bond donors (Lipinski definition) is 3. The van der Waals surface area contributed by atoms with Crippen molar-refractivity contribution < 1.29 is 24.2 Å². The Bertz CT molecular complexity index is 1140. The molecule has 0 aliphatic rings. The minimum atomic E-state index is -1.32. The summed E-state index contributed by atoms with van der Waals surface area (Å²) in [6, 6.07) is 8.15. The van der Waals surface area contributed by atoms with Gasteiger partial charge >= 0.3 is 6.09 Å². The zero-order valence-electron chi connectivity index (χ0n) is 23.5. The van der Waals surface area contributed by atoms with Crippen molar-refractivity contribution in [2.45, 2.75) is 85.5 Å². The summed E-state index contributed by atoms with van der Waals surface area (Å²) in [7, 11) is 0. The van der Waals surface area contributed by atoms with Crippen molar-refractivity contribution in [3.05, 3.63) is 63.7 Å². The topological polar surface area (TPSA) is 108 Å². The van der Waals surface area contributed by atoms with E-state index in [0.29, 0.717) is 22.7 Å². The first kappa shape index (κ1) is 31.1. The Balaban J connectivity index is 2.60. The summed E-state index contributed by atoms with van der Waals surface area (Å²) in [5.41, 5.74) is 2.89. The fourth-order valence-electron chi connectivity index (χ4n) is 4.14. The normalized spacial score (nSPS) is 13.7. The molecule has 0 aromatic heterocycles. The molecule has 0 radical (unpaired) electrons. The van der Waals surface area contributed by atoms with Crippen LogP contribution in [0.2, 0.25) is 5.02 Å². The van der Waals surface area contributed by atoms with Crippen LogP contribution >= 0.6 is 11.6 Å². The molecule has 208 valence electrons. The summed E-state index contributed by atoms with van der Waals surface area (Å²) >= 11 is 6.40. The van der Waals surface area contributed by atoms with Crippen molar-refractivity contribution in [1.82, 2.24) is 10.2 Å². The SMILES string of the molecule is CCC(C)N(C(=O)C(CO)NC(=O)OC(C)(C)C)C(C(=O)Nc1c(C)cccc1Cl)c1ccc(C)cc1C. The molecule has 0 saturated carbocycles. The number of aliphatic hydroxyl groups is 1. The molecule has 8 nitrogen and oxygen atoms in total. The fourth-order valence-corrected chi connectivity index (χ4v) is 4.41. The van der Waals surface area contributed by atoms with Crippen molar-refractivity contribution >= 4 is 35.2 Å². The van der Waals surface area contributed by atoms with Gasteiger partial charge in [0.1, 0.15) is 17.7 Å². The molecular weight excluding hydrogens is 506 g/mol. The number of aryl methyl sites for hydroxylation is 3. The number of para-hydroxylation sites is 1. The average molecular weight is 546 g/mol. The maximum Gasteiger partial charge on any atom is 0.408 e. The molecule has 2 rings (SSSR count). The first-order valence-electron chi connectivity index (χ1n) is 12.8. The Morgan fingerprint density at radius 2 is 1.74 bits per heavy atom. The molecule has 9 heteroatoms. The van der Waals surface area contributed by atoms with Gasteiger partial charge in [-0.25, -0.2) is 4.79 Å². The van der Waals surface area contributed by atoms with Crippen LogP contribution in [0.25, 0.3) is 0 Å². The lowest BCUT2D eigenvalue weighted by Gasteiger charge is -2.38. The Morgan fingerprint density at radius 1 is 1.08 bits per heavy atom. The number of nitrogens with zero attached hydrogens (tertiary/aromatic N) is 1. The zero-order valence-corrected chi connectivity index (χ0v) is 24.3. The van der Waals surface area contributed by atoms with Crippen molar-refractivity contribution in [3.8, 4) is 0 Å². The second-order valence-corrected chi connectivity index (χ2v) is 11.0. The lowest BCUT2D eigenvalue weighted by Crippen LogP contribution is -2.56. The number of amides is 3. The van der Waals surface area contributed by atoms with Gasteiger partial charge in [0.05, 0.1) is 17.3 Å². The number of alkyl carbamates (subject to hydrolysis) is 1. The highest BCUT2D eigenvalue weighted by atomic mass is 35.5. The molecule has 0 aliphatic carbocycles. The second kappa shape index (κ2) is 13.1. The van der Waals surface area contributed by atoms with Crippen molar-refractivity contribution in [2.75, 3.05) is 11.9 Å². The minimum absolute atomic E-state index is 0.374. The van der Waals surface area contributed by atoms with Gasteiger partial charge in [-0.05, 0) is 77.6 Å². The van der Waals surface area contributed by atoms with E-state index in [0.717, 1.165) is 16.7 Å². The summed E-state index contributed by atoms with van der Waals surface area (Å²) in [6.45, 7) is 13.8. The monoisotopic (exact) mass is 545 g/mol. The number of aliphatic hydroxyl groups excluding tert-OH is 1. The first-order chi connectivity index (χ1) is 17.7. The third kappa shape index (κ3) is 7.95. The predicted octanol–water partition coefficient (Wildman–Crippen LogP) is 5.46. The molecule has 0 fully saturated rings. The Morgan fingerprint density at radius 3 is 2.26 bits per heavy atom. The van der Waals surface area contributed by atoms with Crippen LogP contribution in [-0.4, -0.2) is 52.2 Å². The van der Waals surface area contributed by atoms with Gasteiger partial charge in [0.2, 0.25) is 5.91 Å². The van der Waals surface area contributed by atoms with Gasteiger partial charge in [0.15, 0.2) is 0 Å². The van der Waals surface area contributed by atoms with E-state index in [9.17, 15) is 19.5 Å². The van der Waals surface area contributed by atoms with Gasteiger partial charge in [0.25, 0.3) is 5.91 Å². The third-order valence-electron chi connectivity index (χ3n) is 6.21. The quantitative estimate of drug-likeness (QED) is 0.388. The van der Waals surface area contributed by atoms with Crippen LogP contribution < -0.4 is 10.6 Å². The van der Waals surface area contributed by atoms with Crippen molar-refractivity contribution in [2.24, 2.45) is 0 Å². The molecule has 2 aromatic carbocycles. The Labute approximate surface area is 230 Å². The minimum Gasteiger partial charge on any atom is -0.444 e. The maximum atomic E-state index is 14.0. The average Bonchev–Trinajstić information content (AvgIpc) is 2.82. The first-order valence-corrected chi connectivity index (χ1v) is 13.1. The molecule has 38 heavy (non-hydrogen) atoms. The summed E-state index contributed by atoms with van der Waals surface area (Å²) < 4.78 is 5.29. The number of hydrogen-bond acceptors (Lipinski definition) is 5. The van der Waals surface area contributed by atoms with Crippen molar-refractivity contribution in [3.63, 3.8) is 0 Å². The molecule has 3 atom stereocenters. The van der Waals surface area contributed by atoms with E-state index in [2.05, 4.69) is 10.6 Å². The molecule has 0 heterocycles. The second-order valence-electron chi connectivity index (χ2n) is 10.6. The van der Waals surface area contributed by atoms with Crippen LogP contribution in [0.15, 0.2) is 36.4 Å². The number of carbonyl (C=O) groups is 3. The van der Waals surface area contributed by atoms with E-state index < -0.39 is 48.2 Å². The molecular formula is C29H40ClN3O5. The van der Waals surface area contributed by atoms with E-state index >= 15 is 0 Å². The van der Waals surface area contributed by atoms with E-state index in [1.165, 1.54) is 4.90 Å². The lowest BCUT2D eigenvalue weighted by atomic mass is 9.94. The molecule has 3 amide bonds. The molecule has 0 saturated heterocycles. The predicted molar refractivity (Wildman–Crippen MR) is 150 cm³/mol. The Kier molecular flexibility index (Phi) is 10.7. The van der Waals surface area contributed by atoms with Crippen LogP contribution in [-0.2, 0) is 14.3 Å². The molecule has 0 spiro atoms. The Hall–Kier alpha value is -3.10. The van der Waals surface area contributed by atoms with E-state index in [1.807, 2.05) is 58.9 Å². The molecule has 0 bridgehead atoms. The highest BCUT2D eigenvalue weighted by Crippen LogP contribution is 2.32. The molecule has 2 aromatic rings. The number of benzene rings is 2. The zero-order chi connectivity index (χ0) is 28.8. The van der Waals surface area contributed by atoms with Gasteiger partial charge in [-0.2, -0.15) is 0 Å². The smallest absolute Gasteiger partial charge is 0.408 e. The summed E-state index contributed by atoms with van der Waals surface area (Å²) in [4.78, 5) is 41.8. The summed E-state index contributed by atoms with van der Waals surface area (Å²) in [6.07, 6.45) is -0.316. The number of rotatable bonds is 9. The summed E-state index contributed by atoms with van der Waals surface area (Å²) in [5, 5.41) is 15.9. The van der Waals surface area contributed by atoms with Gasteiger partial charge in [-0.1, -0.05) is 54.4 Å². The fraction of sp³-hybridized carbons (Fsp3) is 0.483. The number of nitrogens with one attached hydrogen (secondary N) is 2. The van der Waals surface area contributed by atoms with Crippen LogP contribution in [0.5, 0.6) is 0 Å². The summed E-state index contributed by atoms with van der Waals surface area (Å²) in [5.74, 6) is -1.07.